The summed E-state index contributed by atoms with van der Waals surface area (Å²) in [6.45, 7) is 0. The Labute approximate surface area is 69.1 Å². The minimum atomic E-state index is -0.606. The summed E-state index contributed by atoms with van der Waals surface area (Å²) in [6, 6.07) is 5.86. The van der Waals surface area contributed by atoms with Crippen LogP contribution in [0.4, 0.5) is 16.2 Å². The lowest BCUT2D eigenvalue weighted by atomic mass is 10.3. The Kier molecular flexibility index (Phi) is 2.37. The largest absolute Gasteiger partial charge is 0.351 e. The van der Waals surface area contributed by atoms with Gasteiger partial charge in [-0.15, -0.1) is 0 Å². The van der Waals surface area contributed by atoms with Crippen molar-refractivity contribution in [3.05, 3.63) is 24.3 Å². The van der Waals surface area contributed by atoms with Gasteiger partial charge in [-0.25, -0.2) is 10.3 Å². The summed E-state index contributed by atoms with van der Waals surface area (Å²) < 4.78 is 0. The number of nitrogens with two attached hydrogens (primary N) is 1. The van der Waals surface area contributed by atoms with Crippen LogP contribution in [0.25, 0.3) is 0 Å². The molecule has 0 bridgehead atoms. The Morgan fingerprint density at radius 1 is 1.42 bits per heavy atom. The van der Waals surface area contributed by atoms with Crippen molar-refractivity contribution in [1.29, 1.82) is 5.53 Å². The third-order valence-corrected chi connectivity index (χ3v) is 1.26. The second kappa shape index (κ2) is 3.47. The van der Waals surface area contributed by atoms with E-state index in [1.165, 1.54) is 0 Å². The second-order valence-electron chi connectivity index (χ2n) is 2.15. The van der Waals surface area contributed by atoms with Crippen molar-refractivity contribution in [3.63, 3.8) is 0 Å². The smallest absolute Gasteiger partial charge is 0.316 e. The minimum Gasteiger partial charge on any atom is -0.351 e. The molecule has 0 heterocycles. The average molecular weight is 164 g/mol. The first kappa shape index (κ1) is 8.19. The number of carbonyl (C=O) groups is 1. The summed E-state index contributed by atoms with van der Waals surface area (Å²) in [5, 5.41) is 5.59. The molecule has 4 N–H and O–H groups in total. The van der Waals surface area contributed by atoms with E-state index >= 15 is 0 Å². The molecule has 5 nitrogen and oxygen atoms in total. The van der Waals surface area contributed by atoms with Crippen molar-refractivity contribution in [3.8, 4) is 0 Å². The molecule has 5 heteroatoms. The van der Waals surface area contributed by atoms with E-state index < -0.39 is 6.03 Å². The van der Waals surface area contributed by atoms with Crippen LogP contribution in [0.15, 0.2) is 29.4 Å². The topological polar surface area (TPSA) is 91.3 Å². The van der Waals surface area contributed by atoms with E-state index in [1.807, 2.05) is 0 Å². The fourth-order valence-corrected chi connectivity index (χ4v) is 0.762. The lowest BCUT2D eigenvalue weighted by Crippen LogP contribution is -2.18. The van der Waals surface area contributed by atoms with Crippen LogP contribution >= 0.6 is 0 Å². The third kappa shape index (κ3) is 2.05. The van der Waals surface area contributed by atoms with Crippen molar-refractivity contribution in [1.82, 2.24) is 0 Å². The number of anilines is 1. The maximum absolute atomic E-state index is 10.4. The van der Waals surface area contributed by atoms with E-state index in [2.05, 4.69) is 10.4 Å². The number of primary amides is 1. The zero-order valence-corrected chi connectivity index (χ0v) is 6.24. The number of nitrogens with zero attached hydrogens (tertiary/aromatic N) is 1. The molecule has 0 saturated carbocycles. The van der Waals surface area contributed by atoms with Crippen LogP contribution in [0.3, 0.4) is 0 Å². The van der Waals surface area contributed by atoms with Gasteiger partial charge < -0.3 is 11.1 Å². The quantitative estimate of drug-likeness (QED) is 0.571. The predicted molar refractivity (Wildman–Crippen MR) is 44.5 cm³/mol. The molecular weight excluding hydrogens is 156 g/mol. The molecule has 2 amide bonds. The van der Waals surface area contributed by atoms with Crippen LogP contribution in [0, 0.1) is 5.53 Å². The first-order valence-electron chi connectivity index (χ1n) is 3.26. The minimum absolute atomic E-state index is 0.532. The number of carbonyl (C=O) groups excluding carboxylic acids is 1. The summed E-state index contributed by atoms with van der Waals surface area (Å²) >= 11 is 0. The zero-order valence-electron chi connectivity index (χ0n) is 6.24. The van der Waals surface area contributed by atoms with Crippen LogP contribution in [0.1, 0.15) is 0 Å². The number of urea groups is 1. The van der Waals surface area contributed by atoms with Crippen LogP contribution in [0.5, 0.6) is 0 Å². The van der Waals surface area contributed by atoms with E-state index in [1.54, 1.807) is 24.3 Å². The van der Waals surface area contributed by atoms with Crippen LogP contribution < -0.4 is 11.1 Å². The van der Waals surface area contributed by atoms with E-state index in [0.29, 0.717) is 11.4 Å². The summed E-state index contributed by atoms with van der Waals surface area (Å²) in [6.07, 6.45) is 0. The molecule has 1 aromatic rings. The fourth-order valence-electron chi connectivity index (χ4n) is 0.762. The van der Waals surface area contributed by atoms with Gasteiger partial charge >= 0.3 is 6.03 Å². The molecule has 62 valence electrons. The molecule has 12 heavy (non-hydrogen) atoms. The predicted octanol–water partition coefficient (Wildman–Crippen LogP) is 1.84. The molecule has 1 rings (SSSR count). The van der Waals surface area contributed by atoms with Crippen LogP contribution in [-0.4, -0.2) is 6.03 Å². The Morgan fingerprint density at radius 3 is 2.42 bits per heavy atom. The lowest BCUT2D eigenvalue weighted by Gasteiger charge is -1.99. The first-order chi connectivity index (χ1) is 5.72. The Morgan fingerprint density at radius 2 is 2.00 bits per heavy atom. The molecule has 0 unspecified atom stereocenters. The molecule has 0 aliphatic heterocycles. The molecule has 0 aliphatic rings. The zero-order chi connectivity index (χ0) is 8.97. The van der Waals surface area contributed by atoms with Crippen molar-refractivity contribution in [2.24, 2.45) is 10.8 Å². The number of amides is 2. The molecule has 0 spiro atoms. The number of rotatable bonds is 2. The standard InChI is InChI=1S/C7H8N4O/c8-7(12)10-5-1-3-6(11-9)4-2-5/h1-4,9H,(H3,8,10,12). The normalized spacial score (nSPS) is 9.00. The van der Waals surface area contributed by atoms with Gasteiger partial charge in [0.15, 0.2) is 0 Å². The Balaban J connectivity index is 2.77. The molecule has 0 aromatic heterocycles. The van der Waals surface area contributed by atoms with Gasteiger partial charge in [0.25, 0.3) is 0 Å². The van der Waals surface area contributed by atoms with E-state index in [0.717, 1.165) is 0 Å². The van der Waals surface area contributed by atoms with Crippen molar-refractivity contribution < 1.29 is 4.79 Å². The number of benzene rings is 1. The van der Waals surface area contributed by atoms with E-state index in [9.17, 15) is 4.79 Å². The van der Waals surface area contributed by atoms with Gasteiger partial charge in [-0.1, -0.05) is 0 Å². The van der Waals surface area contributed by atoms with Gasteiger partial charge in [-0.3, -0.25) is 0 Å². The highest BCUT2D eigenvalue weighted by molar-refractivity contribution is 5.87. The first-order valence-corrected chi connectivity index (χ1v) is 3.26. The maximum Gasteiger partial charge on any atom is 0.316 e. The highest BCUT2D eigenvalue weighted by atomic mass is 16.2. The average Bonchev–Trinajstić information content (AvgIpc) is 2.05. The van der Waals surface area contributed by atoms with Gasteiger partial charge in [0, 0.05) is 5.69 Å². The van der Waals surface area contributed by atoms with Crippen molar-refractivity contribution >= 4 is 17.4 Å². The summed E-state index contributed by atoms with van der Waals surface area (Å²) in [5.41, 5.74) is 12.7. The van der Waals surface area contributed by atoms with Gasteiger partial charge in [0.2, 0.25) is 0 Å². The van der Waals surface area contributed by atoms with Gasteiger partial charge in [-0.2, -0.15) is 5.11 Å². The third-order valence-electron chi connectivity index (χ3n) is 1.26. The van der Waals surface area contributed by atoms with Crippen LogP contribution in [-0.2, 0) is 0 Å². The Hall–Kier alpha value is -1.91. The van der Waals surface area contributed by atoms with Crippen molar-refractivity contribution in [2.75, 3.05) is 5.32 Å². The number of hydrogen-bond acceptors (Lipinski definition) is 3. The molecule has 0 atom stereocenters. The molecule has 0 aliphatic carbocycles. The molecule has 1 aromatic carbocycles. The van der Waals surface area contributed by atoms with Gasteiger partial charge in [-0.05, 0) is 24.3 Å². The summed E-state index contributed by atoms with van der Waals surface area (Å²) in [7, 11) is 0. The fraction of sp³-hybridized carbons (Fsp3) is 0. The molecule has 0 saturated heterocycles. The number of nitrogens with one attached hydrogen (secondary N) is 2. The van der Waals surface area contributed by atoms with Crippen LogP contribution in [0.2, 0.25) is 0 Å². The highest BCUT2D eigenvalue weighted by Crippen LogP contribution is 2.15. The van der Waals surface area contributed by atoms with Gasteiger partial charge in [0.1, 0.15) is 0 Å². The van der Waals surface area contributed by atoms with Gasteiger partial charge in [0.05, 0.1) is 5.69 Å². The maximum atomic E-state index is 10.4. The second-order valence-corrected chi connectivity index (χ2v) is 2.15. The molecule has 0 fully saturated rings. The molecular formula is C7H8N4O. The number of hydrogen-bond donors (Lipinski definition) is 3. The highest BCUT2D eigenvalue weighted by Gasteiger charge is 1.94. The summed E-state index contributed by atoms with van der Waals surface area (Å²) in [5.74, 6) is 0. The SMILES string of the molecule is N=Nc1ccc(NC(N)=O)cc1. The van der Waals surface area contributed by atoms with Crippen molar-refractivity contribution in [2.45, 2.75) is 0 Å². The van der Waals surface area contributed by atoms with E-state index in [4.69, 9.17) is 11.3 Å². The van der Waals surface area contributed by atoms with E-state index in [-0.39, 0.29) is 0 Å². The monoisotopic (exact) mass is 164 g/mol. The Bertz CT molecular complexity index is 293. The lowest BCUT2D eigenvalue weighted by molar-refractivity contribution is 0.259. The summed E-state index contributed by atoms with van der Waals surface area (Å²) in [4.78, 5) is 10.4. The molecule has 0 radical (unpaired) electrons.